The Morgan fingerprint density at radius 1 is 1.42 bits per heavy atom. The lowest BCUT2D eigenvalue weighted by Gasteiger charge is -2.36. The first-order valence-corrected chi connectivity index (χ1v) is 9.30. The Hall–Kier alpha value is -1.56. The Kier molecular flexibility index (Phi) is 5.76. The van der Waals surface area contributed by atoms with Gasteiger partial charge in [0.2, 0.25) is 0 Å². The summed E-state index contributed by atoms with van der Waals surface area (Å²) < 4.78 is 7.81. The number of ether oxygens (including phenoxy) is 1. The van der Waals surface area contributed by atoms with Crippen LogP contribution in [0.3, 0.4) is 0 Å². The molecule has 3 heterocycles. The molecular formula is C18H30N4O2. The van der Waals surface area contributed by atoms with E-state index in [1.165, 1.54) is 18.7 Å². The minimum atomic E-state index is 0.0351. The van der Waals surface area contributed by atoms with Crippen molar-refractivity contribution in [1.82, 2.24) is 19.8 Å². The smallest absolute Gasteiger partial charge is 0.317 e. The van der Waals surface area contributed by atoms with Crippen LogP contribution in [0.25, 0.3) is 0 Å². The topological polar surface area (TPSA) is 59.4 Å². The lowest BCUT2D eigenvalue weighted by Crippen LogP contribution is -2.53. The van der Waals surface area contributed by atoms with Crippen LogP contribution in [0.1, 0.15) is 44.6 Å². The molecule has 3 rings (SSSR count). The maximum absolute atomic E-state index is 12.5. The zero-order valence-electron chi connectivity index (χ0n) is 15.0. The van der Waals surface area contributed by atoms with E-state index in [-0.39, 0.29) is 12.1 Å². The summed E-state index contributed by atoms with van der Waals surface area (Å²) in [4.78, 5) is 19.1. The monoisotopic (exact) mass is 334 g/mol. The molecule has 2 amide bonds. The highest BCUT2D eigenvalue weighted by Gasteiger charge is 2.27. The Bertz CT molecular complexity index is 532. The number of hydrogen-bond donors (Lipinski definition) is 1. The van der Waals surface area contributed by atoms with E-state index in [1.807, 2.05) is 4.90 Å². The molecule has 1 atom stereocenters. The summed E-state index contributed by atoms with van der Waals surface area (Å²) in [5, 5.41) is 3.07. The van der Waals surface area contributed by atoms with Gasteiger partial charge in [-0.1, -0.05) is 13.8 Å². The first-order chi connectivity index (χ1) is 11.6. The Labute approximate surface area is 144 Å². The Morgan fingerprint density at radius 3 is 3.08 bits per heavy atom. The number of carbonyl (C=O) groups excluding carboxylic acids is 1. The minimum Gasteiger partial charge on any atom is -0.377 e. The maximum atomic E-state index is 12.5. The van der Waals surface area contributed by atoms with Crippen molar-refractivity contribution in [2.45, 2.75) is 58.5 Å². The summed E-state index contributed by atoms with van der Waals surface area (Å²) in [6.07, 6.45) is 7.50. The molecule has 0 aliphatic carbocycles. The first-order valence-electron chi connectivity index (χ1n) is 9.30. The number of nitrogens with zero attached hydrogens (tertiary/aromatic N) is 3. The first kappa shape index (κ1) is 17.3. The van der Waals surface area contributed by atoms with E-state index >= 15 is 0 Å². The van der Waals surface area contributed by atoms with Crippen molar-refractivity contribution in [3.63, 3.8) is 0 Å². The fourth-order valence-corrected chi connectivity index (χ4v) is 3.65. The van der Waals surface area contributed by atoms with Crippen molar-refractivity contribution < 1.29 is 9.53 Å². The van der Waals surface area contributed by atoms with E-state index in [1.54, 1.807) is 0 Å². The molecule has 0 unspecified atom stereocenters. The van der Waals surface area contributed by atoms with Crippen LogP contribution in [0, 0.1) is 5.92 Å². The van der Waals surface area contributed by atoms with Gasteiger partial charge in [0.1, 0.15) is 5.82 Å². The molecule has 0 radical (unpaired) electrons. The van der Waals surface area contributed by atoms with Crippen molar-refractivity contribution in [1.29, 1.82) is 0 Å². The van der Waals surface area contributed by atoms with Crippen LogP contribution < -0.4 is 5.32 Å². The van der Waals surface area contributed by atoms with Gasteiger partial charge in [0, 0.05) is 38.7 Å². The second-order valence-electron chi connectivity index (χ2n) is 7.33. The number of morpholine rings is 1. The second kappa shape index (κ2) is 8.01. The summed E-state index contributed by atoms with van der Waals surface area (Å²) in [6.45, 7) is 8.06. The molecule has 0 saturated carbocycles. The third kappa shape index (κ3) is 4.29. The molecule has 6 nitrogen and oxygen atoms in total. The number of amides is 2. The molecule has 2 aliphatic heterocycles. The van der Waals surface area contributed by atoms with E-state index < -0.39 is 0 Å². The van der Waals surface area contributed by atoms with Crippen LogP contribution in [0.5, 0.6) is 0 Å². The number of hydrogen-bond acceptors (Lipinski definition) is 3. The molecule has 24 heavy (non-hydrogen) atoms. The van der Waals surface area contributed by atoms with Gasteiger partial charge in [0.25, 0.3) is 0 Å². The number of imidazole rings is 1. The van der Waals surface area contributed by atoms with E-state index in [9.17, 15) is 4.79 Å². The summed E-state index contributed by atoms with van der Waals surface area (Å²) in [7, 11) is 0. The molecule has 0 bridgehead atoms. The summed E-state index contributed by atoms with van der Waals surface area (Å²) >= 11 is 0. The minimum absolute atomic E-state index is 0.0351. The van der Waals surface area contributed by atoms with Crippen molar-refractivity contribution in [2.24, 2.45) is 5.92 Å². The molecule has 1 N–H and O–H groups in total. The van der Waals surface area contributed by atoms with E-state index in [4.69, 9.17) is 9.72 Å². The van der Waals surface area contributed by atoms with Gasteiger partial charge in [-0.25, -0.2) is 9.78 Å². The Balaban J connectivity index is 1.48. The van der Waals surface area contributed by atoms with Crippen molar-refractivity contribution in [3.8, 4) is 0 Å². The highest BCUT2D eigenvalue weighted by Crippen LogP contribution is 2.16. The van der Waals surface area contributed by atoms with E-state index in [0.29, 0.717) is 32.2 Å². The van der Waals surface area contributed by atoms with Gasteiger partial charge < -0.3 is 19.5 Å². The standard InChI is InChI=1S/C18H30N4O2/c1-14(2)11-16-13-24-10-9-22(16)18(23)19-7-6-15-12-21-8-4-3-5-17(21)20-15/h12,14,16H,3-11,13H2,1-2H3,(H,19,23)/t16-/m0/s1. The third-order valence-corrected chi connectivity index (χ3v) is 4.85. The average Bonchev–Trinajstić information content (AvgIpc) is 2.97. The molecule has 2 aliphatic rings. The van der Waals surface area contributed by atoms with Crippen LogP contribution >= 0.6 is 0 Å². The number of fused-ring (bicyclic) bond motifs is 1. The maximum Gasteiger partial charge on any atom is 0.317 e. The number of aromatic nitrogens is 2. The van der Waals surface area contributed by atoms with Gasteiger partial charge in [-0.15, -0.1) is 0 Å². The van der Waals surface area contributed by atoms with Gasteiger partial charge >= 0.3 is 6.03 Å². The highest BCUT2D eigenvalue weighted by atomic mass is 16.5. The second-order valence-corrected chi connectivity index (χ2v) is 7.33. The van der Waals surface area contributed by atoms with Gasteiger partial charge in [-0.05, 0) is 25.2 Å². The normalized spacial score (nSPS) is 21.0. The zero-order valence-corrected chi connectivity index (χ0v) is 15.0. The molecule has 134 valence electrons. The van der Waals surface area contributed by atoms with E-state index in [2.05, 4.69) is 29.9 Å². The van der Waals surface area contributed by atoms with Gasteiger partial charge in [0.05, 0.1) is 24.9 Å². The number of urea groups is 1. The fraction of sp³-hybridized carbons (Fsp3) is 0.778. The van der Waals surface area contributed by atoms with Crippen molar-refractivity contribution in [3.05, 3.63) is 17.7 Å². The van der Waals surface area contributed by atoms with Crippen molar-refractivity contribution >= 4 is 6.03 Å². The molecule has 1 aromatic rings. The summed E-state index contributed by atoms with van der Waals surface area (Å²) in [5.41, 5.74) is 1.09. The van der Waals surface area contributed by atoms with Crippen LogP contribution in [0.4, 0.5) is 4.79 Å². The van der Waals surface area contributed by atoms with Crippen LogP contribution in [-0.2, 0) is 24.1 Å². The molecule has 1 fully saturated rings. The number of aryl methyl sites for hydroxylation is 2. The van der Waals surface area contributed by atoms with E-state index in [0.717, 1.165) is 31.5 Å². The Morgan fingerprint density at radius 2 is 2.29 bits per heavy atom. The molecule has 0 aromatic carbocycles. The van der Waals surface area contributed by atoms with Gasteiger partial charge in [0.15, 0.2) is 0 Å². The van der Waals surface area contributed by atoms with Gasteiger partial charge in [-0.2, -0.15) is 0 Å². The number of carbonyl (C=O) groups is 1. The van der Waals surface area contributed by atoms with Crippen LogP contribution in [-0.4, -0.2) is 52.8 Å². The summed E-state index contributed by atoms with van der Waals surface area (Å²) in [6, 6.07) is 0.228. The largest absolute Gasteiger partial charge is 0.377 e. The number of nitrogens with one attached hydrogen (secondary N) is 1. The average molecular weight is 334 g/mol. The molecular weight excluding hydrogens is 304 g/mol. The summed E-state index contributed by atoms with van der Waals surface area (Å²) in [5.74, 6) is 1.76. The SMILES string of the molecule is CC(C)C[C@H]1COCCN1C(=O)NCCc1cn2c(n1)CCCC2. The molecule has 1 aromatic heterocycles. The van der Waals surface area contributed by atoms with Crippen molar-refractivity contribution in [2.75, 3.05) is 26.3 Å². The quantitative estimate of drug-likeness (QED) is 0.898. The fourth-order valence-electron chi connectivity index (χ4n) is 3.65. The van der Waals surface area contributed by atoms with Gasteiger partial charge in [-0.3, -0.25) is 0 Å². The predicted molar refractivity (Wildman–Crippen MR) is 93.0 cm³/mol. The zero-order chi connectivity index (χ0) is 16.9. The van der Waals surface area contributed by atoms with Crippen LogP contribution in [0.2, 0.25) is 0 Å². The highest BCUT2D eigenvalue weighted by molar-refractivity contribution is 5.74. The molecule has 6 heteroatoms. The number of rotatable bonds is 5. The molecule has 0 spiro atoms. The molecule has 1 saturated heterocycles. The van der Waals surface area contributed by atoms with Crippen LogP contribution in [0.15, 0.2) is 6.20 Å². The third-order valence-electron chi connectivity index (χ3n) is 4.85. The lowest BCUT2D eigenvalue weighted by molar-refractivity contribution is 0.00564. The predicted octanol–water partition coefficient (Wildman–Crippen LogP) is 2.22. The lowest BCUT2D eigenvalue weighted by atomic mass is 10.0.